The molecule has 5 saturated heterocycles. The molecule has 7 atom stereocenters. The molecule has 0 saturated carbocycles. The zero-order valence-corrected chi connectivity index (χ0v) is 23.9. The molecule has 5 heterocycles. The SMILES string of the molecule is CC(=O)N1CCC(NC2CC(C(=O)NC[C@H](O)CN3CCC4NC(OCC5CNCO5)CCC4C3)NCN2)CC1. The zero-order chi connectivity index (χ0) is 27.9. The molecule has 0 spiro atoms. The number of aliphatic hydroxyl groups excluding tert-OH is 1. The monoisotopic (exact) mass is 566 g/mol. The van der Waals surface area contributed by atoms with Gasteiger partial charge in [0.25, 0.3) is 0 Å². The molecule has 0 aromatic heterocycles. The smallest absolute Gasteiger partial charge is 0.237 e. The predicted octanol–water partition coefficient (Wildman–Crippen LogP) is -2.34. The summed E-state index contributed by atoms with van der Waals surface area (Å²) in [5.74, 6) is 0.618. The number of carbonyl (C=O) groups excluding carboxylic acids is 2. The van der Waals surface area contributed by atoms with E-state index < -0.39 is 6.10 Å². The number of fused-ring (bicyclic) bond motifs is 1. The second-order valence-electron chi connectivity index (χ2n) is 12.1. The third-order valence-electron chi connectivity index (χ3n) is 9.14. The minimum absolute atomic E-state index is 0.0410. The third kappa shape index (κ3) is 8.55. The topological polar surface area (TPSA) is 151 Å². The number of hydrogen-bond acceptors (Lipinski definition) is 11. The largest absolute Gasteiger partial charge is 0.390 e. The summed E-state index contributed by atoms with van der Waals surface area (Å²) in [6, 6.07) is 0.477. The number of aliphatic hydroxyl groups is 1. The Morgan fingerprint density at radius 1 is 1.12 bits per heavy atom. The van der Waals surface area contributed by atoms with Crippen molar-refractivity contribution < 1.29 is 24.2 Å². The van der Waals surface area contributed by atoms with E-state index in [1.165, 1.54) is 0 Å². The van der Waals surface area contributed by atoms with Gasteiger partial charge in [-0.2, -0.15) is 0 Å². The molecule has 5 aliphatic rings. The lowest BCUT2D eigenvalue weighted by molar-refractivity contribution is -0.130. The van der Waals surface area contributed by atoms with Crippen molar-refractivity contribution in [2.45, 2.75) is 88.2 Å². The Morgan fingerprint density at radius 2 is 1.98 bits per heavy atom. The number of carbonyl (C=O) groups is 2. The van der Waals surface area contributed by atoms with Gasteiger partial charge >= 0.3 is 0 Å². The lowest BCUT2D eigenvalue weighted by atomic mass is 9.84. The molecular weight excluding hydrogens is 516 g/mol. The number of piperidine rings is 3. The first-order valence-electron chi connectivity index (χ1n) is 15.3. The normalized spacial score (nSPS) is 34.8. The summed E-state index contributed by atoms with van der Waals surface area (Å²) in [4.78, 5) is 28.7. The molecule has 228 valence electrons. The summed E-state index contributed by atoms with van der Waals surface area (Å²) < 4.78 is 11.6. The minimum atomic E-state index is -0.602. The Hall–Kier alpha value is -1.42. The van der Waals surface area contributed by atoms with E-state index in [1.807, 2.05) is 4.90 Å². The maximum atomic E-state index is 12.9. The van der Waals surface area contributed by atoms with E-state index in [1.54, 1.807) is 6.92 Å². The second-order valence-corrected chi connectivity index (χ2v) is 12.1. The van der Waals surface area contributed by atoms with Gasteiger partial charge < -0.3 is 29.7 Å². The molecule has 40 heavy (non-hydrogen) atoms. The van der Waals surface area contributed by atoms with Crippen molar-refractivity contribution in [3.05, 3.63) is 0 Å². The minimum Gasteiger partial charge on any atom is -0.390 e. The van der Waals surface area contributed by atoms with Crippen molar-refractivity contribution in [2.75, 3.05) is 65.8 Å². The fourth-order valence-electron chi connectivity index (χ4n) is 6.77. The van der Waals surface area contributed by atoms with Crippen LogP contribution in [0.2, 0.25) is 0 Å². The van der Waals surface area contributed by atoms with Gasteiger partial charge in [0, 0.05) is 71.4 Å². The van der Waals surface area contributed by atoms with Crippen LogP contribution in [-0.2, 0) is 19.1 Å². The van der Waals surface area contributed by atoms with Crippen molar-refractivity contribution in [1.29, 1.82) is 0 Å². The lowest BCUT2D eigenvalue weighted by Crippen LogP contribution is -2.62. The van der Waals surface area contributed by atoms with Crippen LogP contribution in [0, 0.1) is 5.92 Å². The summed E-state index contributed by atoms with van der Waals surface area (Å²) >= 11 is 0. The molecule has 5 aliphatic heterocycles. The van der Waals surface area contributed by atoms with Crippen molar-refractivity contribution >= 4 is 11.8 Å². The number of rotatable bonds is 10. The molecule has 6 unspecified atom stereocenters. The summed E-state index contributed by atoms with van der Waals surface area (Å²) in [7, 11) is 0. The van der Waals surface area contributed by atoms with Crippen LogP contribution in [0.3, 0.4) is 0 Å². The van der Waals surface area contributed by atoms with E-state index >= 15 is 0 Å². The van der Waals surface area contributed by atoms with Crippen LogP contribution in [0.4, 0.5) is 0 Å². The molecular formula is C27H50N8O5. The number of ether oxygens (including phenoxy) is 2. The number of nitrogens with one attached hydrogen (secondary N) is 6. The Bertz CT molecular complexity index is 825. The number of hydrogen-bond donors (Lipinski definition) is 7. The van der Waals surface area contributed by atoms with Crippen molar-refractivity contribution in [2.24, 2.45) is 5.92 Å². The van der Waals surface area contributed by atoms with Crippen LogP contribution in [0.1, 0.15) is 45.4 Å². The molecule has 5 fully saturated rings. The van der Waals surface area contributed by atoms with Gasteiger partial charge in [-0.25, -0.2) is 0 Å². The highest BCUT2D eigenvalue weighted by atomic mass is 16.6. The summed E-state index contributed by atoms with van der Waals surface area (Å²) in [5, 5.41) is 30.8. The summed E-state index contributed by atoms with van der Waals surface area (Å²) in [5.41, 5.74) is 0. The lowest BCUT2D eigenvalue weighted by Gasteiger charge is -2.44. The fraction of sp³-hybridized carbons (Fsp3) is 0.926. The predicted molar refractivity (Wildman–Crippen MR) is 149 cm³/mol. The van der Waals surface area contributed by atoms with Crippen molar-refractivity contribution in [1.82, 2.24) is 41.7 Å². The molecule has 13 nitrogen and oxygen atoms in total. The molecule has 5 rings (SSSR count). The van der Waals surface area contributed by atoms with Crippen LogP contribution >= 0.6 is 0 Å². The van der Waals surface area contributed by atoms with E-state index in [4.69, 9.17) is 9.47 Å². The molecule has 0 bridgehead atoms. The average molecular weight is 567 g/mol. The van der Waals surface area contributed by atoms with Gasteiger partial charge in [0.2, 0.25) is 11.8 Å². The van der Waals surface area contributed by atoms with Gasteiger partial charge in [-0.3, -0.25) is 36.2 Å². The first kappa shape index (κ1) is 30.1. The first-order valence-corrected chi connectivity index (χ1v) is 15.3. The molecule has 0 radical (unpaired) electrons. The Kier molecular flexibility index (Phi) is 11.0. The number of nitrogens with zero attached hydrogens (tertiary/aromatic N) is 2. The van der Waals surface area contributed by atoms with Gasteiger partial charge in [0.1, 0.15) is 6.23 Å². The molecule has 0 aromatic rings. The number of amides is 2. The fourth-order valence-corrected chi connectivity index (χ4v) is 6.77. The van der Waals surface area contributed by atoms with Gasteiger partial charge in [0.15, 0.2) is 0 Å². The molecule has 0 aliphatic carbocycles. The molecule has 2 amide bonds. The van der Waals surface area contributed by atoms with Gasteiger partial charge in [-0.1, -0.05) is 0 Å². The van der Waals surface area contributed by atoms with E-state index in [0.717, 1.165) is 64.8 Å². The van der Waals surface area contributed by atoms with Crippen LogP contribution < -0.4 is 31.9 Å². The van der Waals surface area contributed by atoms with Crippen LogP contribution in [0.5, 0.6) is 0 Å². The second kappa shape index (κ2) is 14.7. The van der Waals surface area contributed by atoms with Crippen LogP contribution in [0.15, 0.2) is 0 Å². The van der Waals surface area contributed by atoms with E-state index in [-0.39, 0.29) is 42.9 Å². The molecule has 0 aromatic carbocycles. The van der Waals surface area contributed by atoms with E-state index in [2.05, 4.69) is 36.8 Å². The van der Waals surface area contributed by atoms with Gasteiger partial charge in [0.05, 0.1) is 37.8 Å². The zero-order valence-electron chi connectivity index (χ0n) is 23.9. The Labute approximate surface area is 237 Å². The highest BCUT2D eigenvalue weighted by Gasteiger charge is 2.36. The number of likely N-dealkylation sites (tertiary alicyclic amines) is 2. The maximum absolute atomic E-state index is 12.9. The van der Waals surface area contributed by atoms with Crippen molar-refractivity contribution in [3.8, 4) is 0 Å². The summed E-state index contributed by atoms with van der Waals surface area (Å²) in [6.45, 7) is 8.51. The standard InChI is InChI=1S/C27H50N8O5/c1-18(36)35-8-4-20(5-9-35)32-25-10-24(30-16-31-25)27(38)29-11-21(37)14-34-7-6-23-19(13-34)2-3-26(33-23)39-15-22-12-28-17-40-22/h19-26,28,30-33,37H,2-17H2,1H3,(H,29,38)/t19?,21-,22?,23?,24?,25?,26?/m0/s1. The highest BCUT2D eigenvalue weighted by Crippen LogP contribution is 2.28. The van der Waals surface area contributed by atoms with Crippen LogP contribution in [0.25, 0.3) is 0 Å². The Balaban J connectivity index is 0.958. The van der Waals surface area contributed by atoms with E-state index in [0.29, 0.717) is 51.0 Å². The molecule has 7 N–H and O–H groups in total. The van der Waals surface area contributed by atoms with Gasteiger partial charge in [-0.05, 0) is 44.6 Å². The summed E-state index contributed by atoms with van der Waals surface area (Å²) in [6.07, 6.45) is 5.29. The van der Waals surface area contributed by atoms with Crippen LogP contribution in [-0.4, -0.2) is 135 Å². The molecule has 13 heteroatoms. The van der Waals surface area contributed by atoms with E-state index in [9.17, 15) is 14.7 Å². The average Bonchev–Trinajstić information content (AvgIpc) is 3.49. The maximum Gasteiger partial charge on any atom is 0.237 e. The van der Waals surface area contributed by atoms with Crippen molar-refractivity contribution in [3.63, 3.8) is 0 Å². The van der Waals surface area contributed by atoms with Gasteiger partial charge in [-0.15, -0.1) is 0 Å². The first-order chi connectivity index (χ1) is 19.4. The number of β-amino-alcohol motifs (C(OH)–C–C–N with tert-alkyl or cyclic N) is 1. The highest BCUT2D eigenvalue weighted by molar-refractivity contribution is 5.81. The quantitative estimate of drug-likeness (QED) is 0.152. The Morgan fingerprint density at radius 3 is 2.75 bits per heavy atom. The third-order valence-corrected chi connectivity index (χ3v) is 9.14.